The average Bonchev–Trinajstić information content (AvgIpc) is 2.67. The zero-order valence-corrected chi connectivity index (χ0v) is 18.9. The first-order valence-electron chi connectivity index (χ1n) is 9.28. The van der Waals surface area contributed by atoms with E-state index in [0.717, 1.165) is 11.5 Å². The maximum Gasteiger partial charge on any atom is 0.403 e. The van der Waals surface area contributed by atoms with Crippen molar-refractivity contribution in [3.8, 4) is 0 Å². The number of nitrogens with one attached hydrogen (secondary N) is 1. The van der Waals surface area contributed by atoms with Crippen molar-refractivity contribution in [1.82, 2.24) is 15.1 Å². The molecule has 1 N–H and O–H groups in total. The number of methoxy groups -OCH3 is 1. The molecule has 1 saturated heterocycles. The topological polar surface area (TPSA) is 40.1 Å². The summed E-state index contributed by atoms with van der Waals surface area (Å²) >= 11 is 0. The molecule has 1 aromatic carbocycles. The number of guanidine groups is 1. The molecule has 0 aromatic heterocycles. The van der Waals surface area contributed by atoms with Crippen molar-refractivity contribution in [3.63, 3.8) is 0 Å². The van der Waals surface area contributed by atoms with Crippen LogP contribution in [-0.2, 0) is 4.74 Å². The first kappa shape index (κ1) is 25.0. The van der Waals surface area contributed by atoms with Gasteiger partial charge in [0.2, 0.25) is 0 Å². The fourth-order valence-electron chi connectivity index (χ4n) is 3.11. The van der Waals surface area contributed by atoms with Gasteiger partial charge < -0.3 is 15.0 Å². The lowest BCUT2D eigenvalue weighted by Gasteiger charge is -2.39. The van der Waals surface area contributed by atoms with Crippen molar-refractivity contribution >= 4 is 29.9 Å². The van der Waals surface area contributed by atoms with Gasteiger partial charge in [0.15, 0.2) is 5.96 Å². The number of piperazine rings is 1. The van der Waals surface area contributed by atoms with Gasteiger partial charge in [0, 0.05) is 39.8 Å². The zero-order chi connectivity index (χ0) is 19.9. The van der Waals surface area contributed by atoms with Crippen LogP contribution in [0.15, 0.2) is 35.3 Å². The van der Waals surface area contributed by atoms with E-state index in [0.29, 0.717) is 39.3 Å². The number of hydrogen-bond acceptors (Lipinski definition) is 3. The van der Waals surface area contributed by atoms with Gasteiger partial charge in [-0.05, 0) is 19.4 Å². The third-order valence-electron chi connectivity index (χ3n) is 4.83. The smallest absolute Gasteiger partial charge is 0.375 e. The van der Waals surface area contributed by atoms with Crippen LogP contribution >= 0.6 is 24.0 Å². The fourth-order valence-corrected chi connectivity index (χ4v) is 3.11. The number of aliphatic imine (C=N–C) groups is 1. The second kappa shape index (κ2) is 11.8. The summed E-state index contributed by atoms with van der Waals surface area (Å²) in [5.41, 5.74) is 1.04. The Kier molecular flexibility index (Phi) is 10.5. The summed E-state index contributed by atoms with van der Waals surface area (Å²) in [7, 11) is 1.65. The first-order valence-corrected chi connectivity index (χ1v) is 9.28. The summed E-state index contributed by atoms with van der Waals surface area (Å²) < 4.78 is 44.3. The third kappa shape index (κ3) is 7.07. The molecule has 2 rings (SSSR count). The van der Waals surface area contributed by atoms with Crippen molar-refractivity contribution in [2.24, 2.45) is 4.99 Å². The van der Waals surface area contributed by atoms with E-state index in [1.807, 2.05) is 42.2 Å². The van der Waals surface area contributed by atoms with Crippen molar-refractivity contribution in [2.45, 2.75) is 32.2 Å². The van der Waals surface area contributed by atoms with Gasteiger partial charge in [-0.1, -0.05) is 30.3 Å². The molecule has 5 nitrogen and oxygen atoms in total. The SMILES string of the molecule is CCNC(=NCC(OC)c1ccccc1)N1CCN(C(C)C(F)(F)F)CC1.I. The Hall–Kier alpha value is -1.07. The number of nitrogens with zero attached hydrogens (tertiary/aromatic N) is 3. The number of hydrogen-bond donors (Lipinski definition) is 1. The highest BCUT2D eigenvalue weighted by Gasteiger charge is 2.41. The molecule has 2 unspecified atom stereocenters. The summed E-state index contributed by atoms with van der Waals surface area (Å²) in [4.78, 5) is 8.16. The van der Waals surface area contributed by atoms with Crippen molar-refractivity contribution in [2.75, 3.05) is 46.4 Å². The molecular weight excluding hydrogens is 484 g/mol. The molecule has 0 bridgehead atoms. The molecule has 0 amide bonds. The quantitative estimate of drug-likeness (QED) is 0.359. The number of ether oxygens (including phenoxy) is 1. The van der Waals surface area contributed by atoms with Crippen LogP contribution in [0.25, 0.3) is 0 Å². The minimum Gasteiger partial charge on any atom is -0.375 e. The Morgan fingerprint density at radius 3 is 2.29 bits per heavy atom. The van der Waals surface area contributed by atoms with E-state index in [-0.39, 0.29) is 30.1 Å². The Morgan fingerprint density at radius 2 is 1.79 bits per heavy atom. The van der Waals surface area contributed by atoms with E-state index in [9.17, 15) is 13.2 Å². The van der Waals surface area contributed by atoms with E-state index >= 15 is 0 Å². The number of benzene rings is 1. The van der Waals surface area contributed by atoms with Gasteiger partial charge in [-0.2, -0.15) is 13.2 Å². The summed E-state index contributed by atoms with van der Waals surface area (Å²) in [6.45, 7) is 6.07. The Morgan fingerprint density at radius 1 is 1.18 bits per heavy atom. The number of alkyl halides is 3. The van der Waals surface area contributed by atoms with E-state index in [1.54, 1.807) is 7.11 Å². The first-order chi connectivity index (χ1) is 12.9. The van der Waals surface area contributed by atoms with Crippen LogP contribution in [0.4, 0.5) is 13.2 Å². The Bertz CT molecular complexity index is 593. The van der Waals surface area contributed by atoms with Gasteiger partial charge in [0.05, 0.1) is 6.54 Å². The predicted molar refractivity (Wildman–Crippen MR) is 116 cm³/mol. The molecule has 28 heavy (non-hydrogen) atoms. The summed E-state index contributed by atoms with van der Waals surface area (Å²) in [6.07, 6.45) is -4.35. The van der Waals surface area contributed by atoms with Crippen molar-refractivity contribution in [1.29, 1.82) is 0 Å². The lowest BCUT2D eigenvalue weighted by atomic mass is 10.1. The van der Waals surface area contributed by atoms with Crippen LogP contribution in [-0.4, -0.2) is 74.4 Å². The van der Waals surface area contributed by atoms with Gasteiger partial charge >= 0.3 is 6.18 Å². The van der Waals surface area contributed by atoms with Crippen molar-refractivity contribution in [3.05, 3.63) is 35.9 Å². The fraction of sp³-hybridized carbons (Fsp3) is 0.632. The average molecular weight is 514 g/mol. The standard InChI is InChI=1S/C19H29F3N4O.HI/c1-4-23-18(24-14-17(27-3)16-8-6-5-7-9-16)26-12-10-25(11-13-26)15(2)19(20,21)22;/h5-9,15,17H,4,10-14H2,1-3H3,(H,23,24);1H. The molecule has 2 atom stereocenters. The minimum absolute atomic E-state index is 0. The zero-order valence-electron chi connectivity index (χ0n) is 16.6. The van der Waals surface area contributed by atoms with Crippen molar-refractivity contribution < 1.29 is 17.9 Å². The predicted octanol–water partition coefficient (Wildman–Crippen LogP) is 3.53. The van der Waals surface area contributed by atoms with Crippen LogP contribution in [0, 0.1) is 0 Å². The monoisotopic (exact) mass is 514 g/mol. The molecule has 0 spiro atoms. The molecule has 160 valence electrons. The molecule has 1 aromatic rings. The van der Waals surface area contributed by atoms with Crippen LogP contribution in [0.2, 0.25) is 0 Å². The van der Waals surface area contributed by atoms with Crippen LogP contribution in [0.3, 0.4) is 0 Å². The maximum atomic E-state index is 12.9. The Balaban J connectivity index is 0.00000392. The summed E-state index contributed by atoms with van der Waals surface area (Å²) in [5, 5.41) is 3.24. The molecule has 1 aliphatic heterocycles. The van der Waals surface area contributed by atoms with Gasteiger partial charge in [-0.3, -0.25) is 9.89 Å². The number of rotatable bonds is 6. The van der Waals surface area contributed by atoms with Crippen LogP contribution < -0.4 is 5.32 Å². The lowest BCUT2D eigenvalue weighted by Crippen LogP contribution is -2.56. The van der Waals surface area contributed by atoms with E-state index in [1.165, 1.54) is 11.8 Å². The molecule has 1 fully saturated rings. The second-order valence-electron chi connectivity index (χ2n) is 6.57. The van der Waals surface area contributed by atoms with Gasteiger partial charge in [-0.25, -0.2) is 0 Å². The van der Waals surface area contributed by atoms with E-state index in [4.69, 9.17) is 4.74 Å². The Labute approximate surface area is 182 Å². The normalized spacial score (nSPS) is 18.4. The lowest BCUT2D eigenvalue weighted by molar-refractivity contribution is -0.181. The summed E-state index contributed by atoms with van der Waals surface area (Å²) in [5.74, 6) is 0.717. The van der Waals surface area contributed by atoms with Gasteiger partial charge in [-0.15, -0.1) is 24.0 Å². The van der Waals surface area contributed by atoms with E-state index < -0.39 is 12.2 Å². The second-order valence-corrected chi connectivity index (χ2v) is 6.57. The highest BCUT2D eigenvalue weighted by atomic mass is 127. The maximum absolute atomic E-state index is 12.9. The summed E-state index contributed by atoms with van der Waals surface area (Å²) in [6, 6.07) is 8.43. The van der Waals surface area contributed by atoms with Gasteiger partial charge in [0.25, 0.3) is 0 Å². The molecule has 1 heterocycles. The molecular formula is C19H30F3IN4O. The van der Waals surface area contributed by atoms with Crippen LogP contribution in [0.5, 0.6) is 0 Å². The minimum atomic E-state index is -4.19. The molecule has 9 heteroatoms. The number of halogens is 4. The largest absolute Gasteiger partial charge is 0.403 e. The highest BCUT2D eigenvalue weighted by Crippen LogP contribution is 2.25. The molecule has 0 aliphatic carbocycles. The third-order valence-corrected chi connectivity index (χ3v) is 4.83. The van der Waals surface area contributed by atoms with E-state index in [2.05, 4.69) is 10.3 Å². The van der Waals surface area contributed by atoms with Gasteiger partial charge in [0.1, 0.15) is 12.1 Å². The molecule has 0 saturated carbocycles. The van der Waals surface area contributed by atoms with Crippen LogP contribution in [0.1, 0.15) is 25.5 Å². The highest BCUT2D eigenvalue weighted by molar-refractivity contribution is 14.0. The molecule has 1 aliphatic rings. The molecule has 0 radical (unpaired) electrons.